The van der Waals surface area contributed by atoms with E-state index < -0.39 is 40.6 Å². The average molecular weight is 373 g/mol. The molecule has 0 radical (unpaired) electrons. The number of esters is 2. The summed E-state index contributed by atoms with van der Waals surface area (Å²) < 4.78 is 10.6. The maximum Gasteiger partial charge on any atom is 0.324 e. The van der Waals surface area contributed by atoms with Gasteiger partial charge in [-0.15, -0.1) is 0 Å². The summed E-state index contributed by atoms with van der Waals surface area (Å²) in [6.07, 6.45) is -0.206. The van der Waals surface area contributed by atoms with Crippen LogP contribution in [0.4, 0.5) is 0 Å². The number of hydrogen-bond donors (Lipinski definition) is 2. The standard InChI is InChI=1S/C19H36N2O5/c1-17(2,3)15(23)12(20)11-21-13(16(24)26-19(7,8)9)10-14(22)25-18(4,5)6/h12-13,21H,10-11,20H2,1-9H3. The number of Topliss-reactive ketones (excluding diaryl/α,β-unsaturated/α-hetero) is 1. The molecule has 2 atom stereocenters. The molecule has 7 heteroatoms. The van der Waals surface area contributed by atoms with E-state index in [0.717, 1.165) is 0 Å². The molecule has 26 heavy (non-hydrogen) atoms. The summed E-state index contributed by atoms with van der Waals surface area (Å²) in [7, 11) is 0. The lowest BCUT2D eigenvalue weighted by Crippen LogP contribution is -2.51. The fourth-order valence-corrected chi connectivity index (χ4v) is 2.08. The zero-order valence-corrected chi connectivity index (χ0v) is 17.7. The maximum absolute atomic E-state index is 12.4. The largest absolute Gasteiger partial charge is 0.460 e. The summed E-state index contributed by atoms with van der Waals surface area (Å²) in [6, 6.07) is -1.73. The second-order valence-electron chi connectivity index (χ2n) is 9.51. The second-order valence-corrected chi connectivity index (χ2v) is 9.51. The van der Waals surface area contributed by atoms with E-state index in [1.54, 1.807) is 62.3 Å². The minimum Gasteiger partial charge on any atom is -0.460 e. The van der Waals surface area contributed by atoms with E-state index in [0.29, 0.717) is 0 Å². The third-order valence-corrected chi connectivity index (χ3v) is 3.14. The molecule has 3 N–H and O–H groups in total. The Balaban J connectivity index is 5.07. The molecule has 0 aliphatic heterocycles. The molecule has 0 saturated carbocycles. The van der Waals surface area contributed by atoms with Crippen molar-refractivity contribution in [1.82, 2.24) is 5.32 Å². The monoisotopic (exact) mass is 372 g/mol. The first kappa shape index (κ1) is 24.5. The Labute approximate surface area is 157 Å². The van der Waals surface area contributed by atoms with E-state index in [9.17, 15) is 14.4 Å². The van der Waals surface area contributed by atoms with Crippen LogP contribution in [0.15, 0.2) is 0 Å². The molecule has 0 fully saturated rings. The molecule has 0 aromatic carbocycles. The van der Waals surface area contributed by atoms with Gasteiger partial charge in [-0.1, -0.05) is 20.8 Å². The maximum atomic E-state index is 12.4. The molecule has 152 valence electrons. The molecule has 7 nitrogen and oxygen atoms in total. The van der Waals surface area contributed by atoms with Crippen molar-refractivity contribution in [2.45, 2.75) is 92.0 Å². The second kappa shape index (κ2) is 8.95. The van der Waals surface area contributed by atoms with Crippen LogP contribution >= 0.6 is 0 Å². The molecule has 2 unspecified atom stereocenters. The minimum atomic E-state index is -0.942. The number of nitrogens with two attached hydrogens (primary N) is 1. The van der Waals surface area contributed by atoms with Crippen LogP contribution in [0.1, 0.15) is 68.7 Å². The van der Waals surface area contributed by atoms with E-state index in [4.69, 9.17) is 15.2 Å². The third-order valence-electron chi connectivity index (χ3n) is 3.14. The van der Waals surface area contributed by atoms with E-state index in [1.807, 2.05) is 0 Å². The summed E-state index contributed by atoms with van der Waals surface area (Å²) in [6.45, 7) is 15.9. The molecule has 0 heterocycles. The van der Waals surface area contributed by atoms with E-state index >= 15 is 0 Å². The van der Waals surface area contributed by atoms with Gasteiger partial charge in [0, 0.05) is 12.0 Å². The molecule has 0 bridgehead atoms. The van der Waals surface area contributed by atoms with Crippen LogP contribution in [0, 0.1) is 5.41 Å². The van der Waals surface area contributed by atoms with Gasteiger partial charge < -0.3 is 20.5 Å². The van der Waals surface area contributed by atoms with Gasteiger partial charge in [0.1, 0.15) is 17.2 Å². The molecule has 0 saturated heterocycles. The van der Waals surface area contributed by atoms with Gasteiger partial charge in [-0.2, -0.15) is 0 Å². The van der Waals surface area contributed by atoms with Crippen LogP contribution < -0.4 is 11.1 Å². The number of carbonyl (C=O) groups excluding carboxylic acids is 3. The molecule has 0 amide bonds. The number of carbonyl (C=O) groups is 3. The van der Waals surface area contributed by atoms with Crippen LogP contribution in [-0.4, -0.2) is 47.6 Å². The summed E-state index contributed by atoms with van der Waals surface area (Å²) in [5, 5.41) is 2.89. The molecule has 0 aliphatic carbocycles. The number of hydrogen-bond acceptors (Lipinski definition) is 7. The van der Waals surface area contributed by atoms with Crippen LogP contribution in [0.5, 0.6) is 0 Å². The SMILES string of the molecule is CC(C)(C)OC(=O)CC(NCC(N)C(=O)C(C)(C)C)C(=O)OC(C)(C)C. The topological polar surface area (TPSA) is 108 Å². The fourth-order valence-electron chi connectivity index (χ4n) is 2.08. The molecule has 0 rings (SSSR count). The molecule has 0 aliphatic rings. The zero-order chi connectivity index (χ0) is 20.9. The van der Waals surface area contributed by atoms with Crippen molar-refractivity contribution >= 4 is 17.7 Å². The normalized spacial score (nSPS) is 15.2. The van der Waals surface area contributed by atoms with Gasteiger partial charge in [0.05, 0.1) is 12.5 Å². The quantitative estimate of drug-likeness (QED) is 0.658. The van der Waals surface area contributed by atoms with E-state index in [1.165, 1.54) is 0 Å². The Morgan fingerprint density at radius 2 is 1.35 bits per heavy atom. The highest BCUT2D eigenvalue weighted by Gasteiger charge is 2.32. The molecular formula is C19H36N2O5. The summed E-state index contributed by atoms with van der Waals surface area (Å²) in [5.41, 5.74) is 3.98. The predicted molar refractivity (Wildman–Crippen MR) is 101 cm³/mol. The highest BCUT2D eigenvalue weighted by Crippen LogP contribution is 2.16. The van der Waals surface area contributed by atoms with E-state index in [-0.39, 0.29) is 18.7 Å². The summed E-state index contributed by atoms with van der Waals surface area (Å²) in [5.74, 6) is -1.25. The third kappa shape index (κ3) is 10.5. The van der Waals surface area contributed by atoms with Crippen LogP contribution in [0.25, 0.3) is 0 Å². The fraction of sp³-hybridized carbons (Fsp3) is 0.842. The average Bonchev–Trinajstić information content (AvgIpc) is 2.36. The Kier molecular flexibility index (Phi) is 8.44. The van der Waals surface area contributed by atoms with Crippen molar-refractivity contribution in [1.29, 1.82) is 0 Å². The smallest absolute Gasteiger partial charge is 0.324 e. The highest BCUT2D eigenvalue weighted by atomic mass is 16.6. The first-order chi connectivity index (χ1) is 11.4. The van der Waals surface area contributed by atoms with Gasteiger partial charge >= 0.3 is 11.9 Å². The summed E-state index contributed by atoms with van der Waals surface area (Å²) >= 11 is 0. The Bertz CT molecular complexity index is 509. The van der Waals surface area contributed by atoms with Gasteiger partial charge in [-0.3, -0.25) is 14.4 Å². The lowest BCUT2D eigenvalue weighted by atomic mass is 9.86. The van der Waals surface area contributed by atoms with Crippen molar-refractivity contribution in [2.75, 3.05) is 6.54 Å². The van der Waals surface area contributed by atoms with Crippen LogP contribution in [0.2, 0.25) is 0 Å². The molecule has 0 aromatic rings. The Morgan fingerprint density at radius 3 is 1.73 bits per heavy atom. The first-order valence-electron chi connectivity index (χ1n) is 8.90. The predicted octanol–water partition coefficient (Wildman–Crippen LogP) is 1.96. The highest BCUT2D eigenvalue weighted by molar-refractivity contribution is 5.89. The van der Waals surface area contributed by atoms with Crippen molar-refractivity contribution in [2.24, 2.45) is 11.1 Å². The number of rotatable bonds is 7. The van der Waals surface area contributed by atoms with Gasteiger partial charge in [0.2, 0.25) is 0 Å². The molecular weight excluding hydrogens is 336 g/mol. The van der Waals surface area contributed by atoms with Gasteiger partial charge in [-0.25, -0.2) is 0 Å². The first-order valence-corrected chi connectivity index (χ1v) is 8.90. The molecule has 0 spiro atoms. The lowest BCUT2D eigenvalue weighted by molar-refractivity contribution is -0.164. The molecule has 0 aromatic heterocycles. The van der Waals surface area contributed by atoms with Crippen LogP contribution in [-0.2, 0) is 23.9 Å². The Hall–Kier alpha value is -1.47. The van der Waals surface area contributed by atoms with Crippen LogP contribution in [0.3, 0.4) is 0 Å². The van der Waals surface area contributed by atoms with E-state index in [2.05, 4.69) is 5.32 Å². The van der Waals surface area contributed by atoms with Crippen molar-refractivity contribution in [3.05, 3.63) is 0 Å². The lowest BCUT2D eigenvalue weighted by Gasteiger charge is -2.27. The van der Waals surface area contributed by atoms with Crippen molar-refractivity contribution < 1.29 is 23.9 Å². The van der Waals surface area contributed by atoms with Gasteiger partial charge in [-0.05, 0) is 41.5 Å². The minimum absolute atomic E-state index is 0.0583. The van der Waals surface area contributed by atoms with Crippen molar-refractivity contribution in [3.63, 3.8) is 0 Å². The van der Waals surface area contributed by atoms with Gasteiger partial charge in [0.15, 0.2) is 5.78 Å². The number of nitrogens with one attached hydrogen (secondary N) is 1. The summed E-state index contributed by atoms with van der Waals surface area (Å²) in [4.78, 5) is 36.7. The van der Waals surface area contributed by atoms with Crippen molar-refractivity contribution in [3.8, 4) is 0 Å². The van der Waals surface area contributed by atoms with Gasteiger partial charge in [0.25, 0.3) is 0 Å². The number of ether oxygens (including phenoxy) is 2. The Morgan fingerprint density at radius 1 is 0.885 bits per heavy atom. The number of ketones is 1. The zero-order valence-electron chi connectivity index (χ0n) is 17.7.